The summed E-state index contributed by atoms with van der Waals surface area (Å²) in [6, 6.07) is 0. The Morgan fingerprint density at radius 3 is 2.40 bits per heavy atom. The molecule has 0 aromatic carbocycles. The van der Waals surface area contributed by atoms with Crippen LogP contribution in [0.15, 0.2) is 0 Å². The first-order chi connectivity index (χ1) is 7.28. The van der Waals surface area contributed by atoms with E-state index in [4.69, 9.17) is 9.47 Å². The number of methoxy groups -OCH3 is 1. The Bertz CT molecular complexity index is 184. The third kappa shape index (κ3) is 3.16. The molecule has 0 atom stereocenters. The van der Waals surface area contributed by atoms with Gasteiger partial charge in [-0.05, 0) is 51.7 Å². The third-order valence-corrected chi connectivity index (χ3v) is 3.79. The molecule has 0 unspecified atom stereocenters. The largest absolute Gasteiger partial charge is 0.381 e. The minimum Gasteiger partial charge on any atom is -0.381 e. The van der Waals surface area contributed by atoms with Crippen LogP contribution in [0.4, 0.5) is 0 Å². The first-order valence-corrected chi connectivity index (χ1v) is 6.11. The summed E-state index contributed by atoms with van der Waals surface area (Å²) in [5, 5.41) is 0. The van der Waals surface area contributed by atoms with Crippen LogP contribution >= 0.6 is 0 Å². The minimum absolute atomic E-state index is 0.465. The SMILES string of the molecule is COC1CC(OCC2CCN(C)CC2)C1. The van der Waals surface area contributed by atoms with Crippen LogP contribution in [0, 0.1) is 5.92 Å². The molecule has 0 amide bonds. The van der Waals surface area contributed by atoms with Gasteiger partial charge in [0.2, 0.25) is 0 Å². The van der Waals surface area contributed by atoms with Gasteiger partial charge < -0.3 is 14.4 Å². The zero-order valence-electron chi connectivity index (χ0n) is 9.95. The molecule has 88 valence electrons. The van der Waals surface area contributed by atoms with Crippen molar-refractivity contribution < 1.29 is 9.47 Å². The van der Waals surface area contributed by atoms with E-state index >= 15 is 0 Å². The van der Waals surface area contributed by atoms with Crippen LogP contribution in [0.25, 0.3) is 0 Å². The molecular formula is C12H23NO2. The van der Waals surface area contributed by atoms with Gasteiger partial charge in [0.25, 0.3) is 0 Å². The molecule has 1 aliphatic carbocycles. The zero-order chi connectivity index (χ0) is 10.7. The van der Waals surface area contributed by atoms with E-state index in [0.717, 1.165) is 25.4 Å². The van der Waals surface area contributed by atoms with Gasteiger partial charge in [-0.1, -0.05) is 0 Å². The first-order valence-electron chi connectivity index (χ1n) is 6.11. The summed E-state index contributed by atoms with van der Waals surface area (Å²) in [6.45, 7) is 3.44. The van der Waals surface area contributed by atoms with Crippen LogP contribution in [0.5, 0.6) is 0 Å². The third-order valence-electron chi connectivity index (χ3n) is 3.79. The normalized spacial score (nSPS) is 34.0. The Labute approximate surface area is 92.7 Å². The lowest BCUT2D eigenvalue weighted by atomic mass is 9.91. The molecule has 1 saturated carbocycles. The summed E-state index contributed by atoms with van der Waals surface area (Å²) in [5.41, 5.74) is 0. The van der Waals surface area contributed by atoms with Crippen molar-refractivity contribution >= 4 is 0 Å². The zero-order valence-corrected chi connectivity index (χ0v) is 9.95. The van der Waals surface area contributed by atoms with Crippen molar-refractivity contribution in [1.29, 1.82) is 0 Å². The Morgan fingerprint density at radius 2 is 1.80 bits per heavy atom. The van der Waals surface area contributed by atoms with Gasteiger partial charge in [-0.3, -0.25) is 0 Å². The fourth-order valence-electron chi connectivity index (χ4n) is 2.35. The maximum atomic E-state index is 5.89. The van der Waals surface area contributed by atoms with Gasteiger partial charge in [0.1, 0.15) is 0 Å². The quantitative estimate of drug-likeness (QED) is 0.707. The van der Waals surface area contributed by atoms with Crippen LogP contribution in [-0.4, -0.2) is 51.0 Å². The van der Waals surface area contributed by atoms with E-state index in [1.54, 1.807) is 7.11 Å². The first kappa shape index (κ1) is 11.4. The summed E-state index contributed by atoms with van der Waals surface area (Å²) < 4.78 is 11.1. The van der Waals surface area contributed by atoms with Crippen LogP contribution in [0.1, 0.15) is 25.7 Å². The van der Waals surface area contributed by atoms with Crippen LogP contribution in [-0.2, 0) is 9.47 Å². The molecule has 0 aromatic rings. The Kier molecular flexibility index (Phi) is 4.00. The molecule has 0 radical (unpaired) electrons. The Morgan fingerprint density at radius 1 is 1.13 bits per heavy atom. The minimum atomic E-state index is 0.465. The van der Waals surface area contributed by atoms with Crippen molar-refractivity contribution in [3.8, 4) is 0 Å². The lowest BCUT2D eigenvalue weighted by Gasteiger charge is -2.36. The molecule has 3 heteroatoms. The highest BCUT2D eigenvalue weighted by Gasteiger charge is 2.30. The predicted molar refractivity (Wildman–Crippen MR) is 60.0 cm³/mol. The molecule has 1 heterocycles. The maximum Gasteiger partial charge on any atom is 0.0624 e. The highest BCUT2D eigenvalue weighted by Crippen LogP contribution is 2.27. The Hall–Kier alpha value is -0.120. The molecule has 1 saturated heterocycles. The van der Waals surface area contributed by atoms with E-state index in [1.807, 2.05) is 0 Å². The van der Waals surface area contributed by atoms with Gasteiger partial charge in [-0.15, -0.1) is 0 Å². The average Bonchev–Trinajstić information content (AvgIpc) is 2.19. The van der Waals surface area contributed by atoms with Gasteiger partial charge >= 0.3 is 0 Å². The van der Waals surface area contributed by atoms with E-state index in [0.29, 0.717) is 12.2 Å². The van der Waals surface area contributed by atoms with Gasteiger partial charge in [0.15, 0.2) is 0 Å². The fraction of sp³-hybridized carbons (Fsp3) is 1.00. The molecule has 2 fully saturated rings. The second-order valence-electron chi connectivity index (χ2n) is 5.03. The average molecular weight is 213 g/mol. The topological polar surface area (TPSA) is 21.7 Å². The molecule has 3 nitrogen and oxygen atoms in total. The van der Waals surface area contributed by atoms with Crippen molar-refractivity contribution in [2.75, 3.05) is 33.9 Å². The monoisotopic (exact) mass is 213 g/mol. The van der Waals surface area contributed by atoms with Crippen molar-refractivity contribution in [2.45, 2.75) is 37.9 Å². The van der Waals surface area contributed by atoms with Gasteiger partial charge in [0.05, 0.1) is 12.2 Å². The van der Waals surface area contributed by atoms with E-state index < -0.39 is 0 Å². The van der Waals surface area contributed by atoms with Crippen molar-refractivity contribution in [3.63, 3.8) is 0 Å². The molecule has 2 rings (SSSR count). The molecule has 0 aromatic heterocycles. The highest BCUT2D eigenvalue weighted by atomic mass is 16.5. The smallest absolute Gasteiger partial charge is 0.0624 e. The van der Waals surface area contributed by atoms with E-state index in [2.05, 4.69) is 11.9 Å². The lowest BCUT2D eigenvalue weighted by molar-refractivity contribution is -0.0974. The fourth-order valence-corrected chi connectivity index (χ4v) is 2.35. The molecule has 0 spiro atoms. The van der Waals surface area contributed by atoms with Crippen LogP contribution in [0.3, 0.4) is 0 Å². The number of hydrogen-bond acceptors (Lipinski definition) is 3. The van der Waals surface area contributed by atoms with Crippen LogP contribution in [0.2, 0.25) is 0 Å². The number of nitrogens with zero attached hydrogens (tertiary/aromatic N) is 1. The maximum absolute atomic E-state index is 5.89. The van der Waals surface area contributed by atoms with Gasteiger partial charge in [0, 0.05) is 13.7 Å². The van der Waals surface area contributed by atoms with Crippen molar-refractivity contribution in [2.24, 2.45) is 5.92 Å². The molecule has 0 N–H and O–H groups in total. The van der Waals surface area contributed by atoms with E-state index in [1.165, 1.54) is 25.9 Å². The molecule has 0 bridgehead atoms. The summed E-state index contributed by atoms with van der Waals surface area (Å²) in [6.07, 6.45) is 5.75. The predicted octanol–water partition coefficient (Wildman–Crippen LogP) is 1.52. The number of ether oxygens (including phenoxy) is 2. The number of hydrogen-bond donors (Lipinski definition) is 0. The standard InChI is InChI=1S/C12H23NO2/c1-13-5-3-10(4-6-13)9-15-12-7-11(8-12)14-2/h10-12H,3-9H2,1-2H3. The summed E-state index contributed by atoms with van der Waals surface area (Å²) in [7, 11) is 3.99. The van der Waals surface area contributed by atoms with Gasteiger partial charge in [-0.2, -0.15) is 0 Å². The second-order valence-corrected chi connectivity index (χ2v) is 5.03. The van der Waals surface area contributed by atoms with E-state index in [9.17, 15) is 0 Å². The van der Waals surface area contributed by atoms with Crippen molar-refractivity contribution in [1.82, 2.24) is 4.90 Å². The van der Waals surface area contributed by atoms with Crippen molar-refractivity contribution in [3.05, 3.63) is 0 Å². The van der Waals surface area contributed by atoms with Crippen LogP contribution < -0.4 is 0 Å². The van der Waals surface area contributed by atoms with Gasteiger partial charge in [-0.25, -0.2) is 0 Å². The number of likely N-dealkylation sites (tertiary alicyclic amines) is 1. The lowest BCUT2D eigenvalue weighted by Crippen LogP contribution is -2.39. The highest BCUT2D eigenvalue weighted by molar-refractivity contribution is 4.81. The molecule has 2 aliphatic rings. The summed E-state index contributed by atoms with van der Waals surface area (Å²) in [5.74, 6) is 0.794. The molecular weight excluding hydrogens is 190 g/mol. The molecule has 1 aliphatic heterocycles. The number of piperidine rings is 1. The summed E-state index contributed by atoms with van der Waals surface area (Å²) >= 11 is 0. The summed E-state index contributed by atoms with van der Waals surface area (Å²) in [4.78, 5) is 2.40. The van der Waals surface area contributed by atoms with E-state index in [-0.39, 0.29) is 0 Å². The second kappa shape index (κ2) is 5.28. The Balaban J connectivity index is 1.55. The molecule has 15 heavy (non-hydrogen) atoms. The number of rotatable bonds is 4.